The van der Waals surface area contributed by atoms with Gasteiger partial charge in [-0.25, -0.2) is 0 Å². The molecule has 0 aromatic heterocycles. The van der Waals surface area contributed by atoms with Crippen LogP contribution in [0, 0.1) is 11.3 Å². The van der Waals surface area contributed by atoms with Gasteiger partial charge >= 0.3 is 0 Å². The molecule has 0 radical (unpaired) electrons. The zero-order chi connectivity index (χ0) is 11.5. The van der Waals surface area contributed by atoms with E-state index in [2.05, 4.69) is 17.0 Å². The Bertz CT molecular complexity index is 485. The molecule has 2 nitrogen and oxygen atoms in total. The van der Waals surface area contributed by atoms with Gasteiger partial charge in [0.25, 0.3) is 0 Å². The molecule has 5 rings (SSSR count). The topological polar surface area (TPSA) is 20.3 Å². The molecule has 1 aliphatic carbocycles. The van der Waals surface area contributed by atoms with E-state index >= 15 is 0 Å². The van der Waals surface area contributed by atoms with Crippen LogP contribution in [0.25, 0.3) is 0 Å². The van der Waals surface area contributed by atoms with Gasteiger partial charge in [0.2, 0.25) is 0 Å². The van der Waals surface area contributed by atoms with Crippen LogP contribution >= 0.6 is 0 Å². The Morgan fingerprint density at radius 3 is 2.76 bits per heavy atom. The number of carbonyl (C=O) groups is 1. The SMILES string of the molecule is O=C1c2ccccc2CC2CN3CCC12CC3. The summed E-state index contributed by atoms with van der Waals surface area (Å²) in [5, 5.41) is 0. The molecule has 88 valence electrons. The number of ketones is 1. The van der Waals surface area contributed by atoms with E-state index in [1.807, 2.05) is 12.1 Å². The number of carbonyl (C=O) groups excluding carboxylic acids is 1. The average molecular weight is 227 g/mol. The summed E-state index contributed by atoms with van der Waals surface area (Å²) >= 11 is 0. The van der Waals surface area contributed by atoms with Crippen molar-refractivity contribution in [1.29, 1.82) is 0 Å². The summed E-state index contributed by atoms with van der Waals surface area (Å²) in [5.41, 5.74) is 2.30. The molecule has 4 aliphatic rings. The fourth-order valence-electron chi connectivity index (χ4n) is 4.16. The van der Waals surface area contributed by atoms with Crippen molar-refractivity contribution in [2.75, 3.05) is 19.6 Å². The van der Waals surface area contributed by atoms with Crippen molar-refractivity contribution in [2.45, 2.75) is 19.3 Å². The minimum absolute atomic E-state index is 0.00308. The second-order valence-corrected chi connectivity index (χ2v) is 5.84. The Labute approximate surface area is 102 Å². The van der Waals surface area contributed by atoms with Crippen LogP contribution in [0.5, 0.6) is 0 Å². The van der Waals surface area contributed by atoms with Crippen LogP contribution in [0.15, 0.2) is 24.3 Å². The fourth-order valence-corrected chi connectivity index (χ4v) is 4.16. The van der Waals surface area contributed by atoms with E-state index in [4.69, 9.17) is 0 Å². The molecule has 2 heteroatoms. The second kappa shape index (κ2) is 3.20. The van der Waals surface area contributed by atoms with Gasteiger partial charge in [0.15, 0.2) is 5.78 Å². The lowest BCUT2D eigenvalue weighted by atomic mass is 9.56. The van der Waals surface area contributed by atoms with Crippen molar-refractivity contribution in [1.82, 2.24) is 4.90 Å². The predicted octanol–water partition coefficient (Wildman–Crippen LogP) is 2.14. The molecule has 1 atom stereocenters. The van der Waals surface area contributed by atoms with Crippen LogP contribution < -0.4 is 0 Å². The van der Waals surface area contributed by atoms with Crippen LogP contribution in [0.1, 0.15) is 28.8 Å². The highest BCUT2D eigenvalue weighted by atomic mass is 16.1. The van der Waals surface area contributed by atoms with Crippen LogP contribution in [-0.2, 0) is 6.42 Å². The van der Waals surface area contributed by atoms with Crippen molar-refractivity contribution in [3.05, 3.63) is 35.4 Å². The lowest BCUT2D eigenvalue weighted by Gasteiger charge is -2.55. The summed E-state index contributed by atoms with van der Waals surface area (Å²) in [5.74, 6) is 1.02. The number of hydrogen-bond donors (Lipinski definition) is 0. The van der Waals surface area contributed by atoms with Crippen molar-refractivity contribution in [3.8, 4) is 0 Å². The van der Waals surface area contributed by atoms with Crippen molar-refractivity contribution >= 4 is 5.78 Å². The molecule has 1 unspecified atom stereocenters. The smallest absolute Gasteiger partial charge is 0.169 e. The summed E-state index contributed by atoms with van der Waals surface area (Å²) in [6, 6.07) is 8.23. The maximum absolute atomic E-state index is 12.8. The summed E-state index contributed by atoms with van der Waals surface area (Å²) in [6.45, 7) is 3.40. The maximum Gasteiger partial charge on any atom is 0.169 e. The van der Waals surface area contributed by atoms with Crippen LogP contribution in [0.3, 0.4) is 0 Å². The first-order valence-electron chi connectivity index (χ1n) is 6.65. The summed E-state index contributed by atoms with van der Waals surface area (Å²) in [6.07, 6.45) is 3.29. The Hall–Kier alpha value is -1.15. The third-order valence-corrected chi connectivity index (χ3v) is 5.19. The van der Waals surface area contributed by atoms with E-state index in [1.54, 1.807) is 0 Å². The van der Waals surface area contributed by atoms with Gasteiger partial charge in [0.05, 0.1) is 0 Å². The van der Waals surface area contributed by atoms with Gasteiger partial charge < -0.3 is 4.90 Å². The van der Waals surface area contributed by atoms with Gasteiger partial charge in [0.1, 0.15) is 0 Å². The first-order valence-corrected chi connectivity index (χ1v) is 6.65. The quantitative estimate of drug-likeness (QED) is 0.677. The van der Waals surface area contributed by atoms with Gasteiger partial charge in [-0.15, -0.1) is 0 Å². The minimum atomic E-state index is 0.00308. The molecule has 17 heavy (non-hydrogen) atoms. The molecule has 3 saturated heterocycles. The highest BCUT2D eigenvalue weighted by Gasteiger charge is 2.54. The van der Waals surface area contributed by atoms with Gasteiger partial charge in [0, 0.05) is 17.5 Å². The van der Waals surface area contributed by atoms with Crippen LogP contribution in [0.2, 0.25) is 0 Å². The van der Waals surface area contributed by atoms with Gasteiger partial charge in [-0.2, -0.15) is 0 Å². The van der Waals surface area contributed by atoms with Gasteiger partial charge in [-0.1, -0.05) is 24.3 Å². The molecule has 1 aromatic carbocycles. The minimum Gasteiger partial charge on any atom is -0.303 e. The lowest BCUT2D eigenvalue weighted by Crippen LogP contribution is -2.60. The molecule has 0 N–H and O–H groups in total. The second-order valence-electron chi connectivity index (χ2n) is 5.84. The Morgan fingerprint density at radius 2 is 1.94 bits per heavy atom. The Kier molecular flexibility index (Phi) is 1.85. The van der Waals surface area contributed by atoms with E-state index in [0.717, 1.165) is 44.5 Å². The summed E-state index contributed by atoms with van der Waals surface area (Å²) in [4.78, 5) is 15.3. The molecule has 2 bridgehead atoms. The number of fused-ring (bicyclic) bond motifs is 3. The number of hydrogen-bond acceptors (Lipinski definition) is 2. The van der Waals surface area contributed by atoms with Crippen LogP contribution in [0.4, 0.5) is 0 Å². The summed E-state index contributed by atoms with van der Waals surface area (Å²) in [7, 11) is 0. The molecular weight excluding hydrogens is 210 g/mol. The Morgan fingerprint density at radius 1 is 1.18 bits per heavy atom. The molecule has 3 aliphatic heterocycles. The van der Waals surface area contributed by atoms with E-state index in [1.165, 1.54) is 5.56 Å². The molecule has 0 amide bonds. The first kappa shape index (κ1) is 9.84. The number of Topliss-reactive ketones (excluding diaryl/α,β-unsaturated/α-hetero) is 1. The standard InChI is InChI=1S/C15H17NO/c17-14-13-4-2-1-3-11(13)9-12-10-16-7-5-15(12,14)6-8-16/h1-4,12H,5-10H2. The largest absolute Gasteiger partial charge is 0.303 e. The Balaban J connectivity index is 1.87. The van der Waals surface area contributed by atoms with Crippen molar-refractivity contribution in [3.63, 3.8) is 0 Å². The van der Waals surface area contributed by atoms with Crippen LogP contribution in [-0.4, -0.2) is 30.3 Å². The molecule has 3 fully saturated rings. The van der Waals surface area contributed by atoms with Crippen molar-refractivity contribution < 1.29 is 4.79 Å². The molecule has 3 heterocycles. The van der Waals surface area contributed by atoms with Gasteiger partial charge in [-0.3, -0.25) is 4.79 Å². The zero-order valence-corrected chi connectivity index (χ0v) is 9.98. The average Bonchev–Trinajstić information content (AvgIpc) is 2.40. The van der Waals surface area contributed by atoms with E-state index in [-0.39, 0.29) is 5.41 Å². The maximum atomic E-state index is 12.8. The highest BCUT2D eigenvalue weighted by molar-refractivity contribution is 6.03. The lowest BCUT2D eigenvalue weighted by molar-refractivity contribution is -0.0218. The third kappa shape index (κ3) is 1.17. The fraction of sp³-hybridized carbons (Fsp3) is 0.533. The number of nitrogens with zero attached hydrogens (tertiary/aromatic N) is 1. The molecule has 0 saturated carbocycles. The normalized spacial score (nSPS) is 38.7. The number of benzene rings is 1. The van der Waals surface area contributed by atoms with Gasteiger partial charge in [-0.05, 0) is 43.8 Å². The summed E-state index contributed by atoms with van der Waals surface area (Å²) < 4.78 is 0. The zero-order valence-electron chi connectivity index (χ0n) is 9.98. The first-order chi connectivity index (χ1) is 8.29. The third-order valence-electron chi connectivity index (χ3n) is 5.19. The number of piperidine rings is 3. The van der Waals surface area contributed by atoms with E-state index in [0.29, 0.717) is 11.7 Å². The highest BCUT2D eigenvalue weighted by Crippen LogP contribution is 2.50. The molecule has 1 spiro atoms. The van der Waals surface area contributed by atoms with E-state index in [9.17, 15) is 4.79 Å². The number of rotatable bonds is 0. The molecule has 1 aromatic rings. The van der Waals surface area contributed by atoms with E-state index < -0.39 is 0 Å². The predicted molar refractivity (Wildman–Crippen MR) is 66.1 cm³/mol. The monoisotopic (exact) mass is 227 g/mol. The van der Waals surface area contributed by atoms with Crippen molar-refractivity contribution in [2.24, 2.45) is 11.3 Å². The molecular formula is C15H17NO.